The van der Waals surface area contributed by atoms with Gasteiger partial charge in [-0.2, -0.15) is 0 Å². The molecule has 0 aliphatic carbocycles. The summed E-state index contributed by atoms with van der Waals surface area (Å²) in [7, 11) is 0. The smallest absolute Gasteiger partial charge is 0.241 e. The Labute approximate surface area is 95.6 Å². The predicted octanol–water partition coefficient (Wildman–Crippen LogP) is 1.55. The third kappa shape index (κ3) is 1.71. The van der Waals surface area contributed by atoms with Gasteiger partial charge in [0.2, 0.25) is 5.95 Å². The molecule has 0 spiro atoms. The number of hydrogen-bond acceptors (Lipinski definition) is 4. The molecule has 15 heavy (non-hydrogen) atoms. The Balaban J connectivity index is 2.63. The number of nitrogen functional groups attached to an aromatic ring is 2. The first-order valence-electron chi connectivity index (χ1n) is 4.01. The zero-order chi connectivity index (χ0) is 11.0. The van der Waals surface area contributed by atoms with Crippen molar-refractivity contribution in [2.45, 2.75) is 0 Å². The second-order valence-electron chi connectivity index (χ2n) is 2.88. The molecule has 4 N–H and O–H groups in total. The third-order valence-corrected chi connectivity index (χ3v) is 2.46. The van der Waals surface area contributed by atoms with Gasteiger partial charge in [0, 0.05) is 10.6 Å². The monoisotopic (exact) mass is 243 g/mol. The lowest BCUT2D eigenvalue weighted by Gasteiger charge is -2.03. The van der Waals surface area contributed by atoms with E-state index in [4.69, 9.17) is 34.8 Å². The van der Waals surface area contributed by atoms with Crippen molar-refractivity contribution in [3.8, 4) is 11.4 Å². The average Bonchev–Trinajstić information content (AvgIpc) is 2.52. The number of nitrogens with two attached hydrogens (primary N) is 2. The second-order valence-corrected chi connectivity index (χ2v) is 3.72. The largest absolute Gasteiger partial charge is 0.366 e. The van der Waals surface area contributed by atoms with Crippen LogP contribution < -0.4 is 11.6 Å². The molecule has 0 unspecified atom stereocenters. The van der Waals surface area contributed by atoms with Gasteiger partial charge in [-0.15, -0.1) is 10.2 Å². The normalized spacial score (nSPS) is 10.5. The van der Waals surface area contributed by atoms with Crippen LogP contribution in [0, 0.1) is 0 Å². The topological polar surface area (TPSA) is 82.8 Å². The van der Waals surface area contributed by atoms with Crippen molar-refractivity contribution < 1.29 is 0 Å². The third-order valence-electron chi connectivity index (χ3n) is 1.89. The lowest BCUT2D eigenvalue weighted by Crippen LogP contribution is -2.13. The van der Waals surface area contributed by atoms with Crippen molar-refractivity contribution in [2.75, 3.05) is 11.6 Å². The van der Waals surface area contributed by atoms with E-state index >= 15 is 0 Å². The van der Waals surface area contributed by atoms with Crippen LogP contribution in [0.15, 0.2) is 18.2 Å². The Bertz CT molecular complexity index is 508. The number of aromatic nitrogens is 3. The average molecular weight is 244 g/mol. The first-order chi connectivity index (χ1) is 7.09. The van der Waals surface area contributed by atoms with Crippen LogP contribution in [0.3, 0.4) is 0 Å². The summed E-state index contributed by atoms with van der Waals surface area (Å²) in [5, 5.41) is 8.46. The summed E-state index contributed by atoms with van der Waals surface area (Å²) in [4.78, 5) is 0. The molecule has 2 aromatic rings. The highest BCUT2D eigenvalue weighted by molar-refractivity contribution is 6.35. The zero-order valence-corrected chi connectivity index (χ0v) is 9.00. The maximum absolute atomic E-state index is 5.98. The quantitative estimate of drug-likeness (QED) is 0.745. The van der Waals surface area contributed by atoms with E-state index in [1.165, 1.54) is 0 Å². The highest BCUT2D eigenvalue weighted by Crippen LogP contribution is 2.28. The molecule has 0 radical (unpaired) electrons. The number of rotatable bonds is 1. The van der Waals surface area contributed by atoms with Crippen LogP contribution in [0.5, 0.6) is 0 Å². The van der Waals surface area contributed by atoms with Crippen LogP contribution in [0.1, 0.15) is 0 Å². The summed E-state index contributed by atoms with van der Waals surface area (Å²) in [5.41, 5.74) is 6.05. The molecule has 0 bridgehead atoms. The van der Waals surface area contributed by atoms with Gasteiger partial charge in [-0.3, -0.25) is 0 Å². The van der Waals surface area contributed by atoms with Gasteiger partial charge in [0.1, 0.15) is 0 Å². The highest BCUT2D eigenvalue weighted by Gasteiger charge is 2.12. The number of anilines is 1. The molecular weight excluding hydrogens is 237 g/mol. The number of benzene rings is 1. The molecule has 0 fully saturated rings. The van der Waals surface area contributed by atoms with Crippen molar-refractivity contribution in [2.24, 2.45) is 0 Å². The molecule has 5 nitrogen and oxygen atoms in total. The minimum Gasteiger partial charge on any atom is -0.366 e. The van der Waals surface area contributed by atoms with Crippen LogP contribution in [0.4, 0.5) is 5.95 Å². The van der Waals surface area contributed by atoms with E-state index in [2.05, 4.69) is 10.2 Å². The summed E-state index contributed by atoms with van der Waals surface area (Å²) in [6, 6.07) is 4.98. The molecule has 0 amide bonds. The first-order valence-corrected chi connectivity index (χ1v) is 4.76. The summed E-state index contributed by atoms with van der Waals surface area (Å²) in [6.45, 7) is 0. The Kier molecular flexibility index (Phi) is 2.42. The fraction of sp³-hybridized carbons (Fsp3) is 0. The van der Waals surface area contributed by atoms with E-state index in [0.717, 1.165) is 4.68 Å². The zero-order valence-electron chi connectivity index (χ0n) is 7.48. The summed E-state index contributed by atoms with van der Waals surface area (Å²) in [5.74, 6) is 6.11. The maximum Gasteiger partial charge on any atom is 0.241 e. The Morgan fingerprint density at radius 2 is 1.93 bits per heavy atom. The molecule has 0 saturated heterocycles. The van der Waals surface area contributed by atoms with Gasteiger partial charge in [0.15, 0.2) is 5.82 Å². The molecule has 0 aliphatic heterocycles. The Morgan fingerprint density at radius 3 is 2.53 bits per heavy atom. The van der Waals surface area contributed by atoms with E-state index < -0.39 is 0 Å². The van der Waals surface area contributed by atoms with Crippen LogP contribution in [0.2, 0.25) is 10.0 Å². The molecule has 0 saturated carbocycles. The standard InChI is InChI=1S/C8H7Cl2N5/c9-4-1-2-6(10)5(3-4)7-13-14-8(11)15(7)12/h1-3H,12H2,(H2,11,14). The van der Waals surface area contributed by atoms with Gasteiger partial charge in [0.05, 0.1) is 5.02 Å². The van der Waals surface area contributed by atoms with Gasteiger partial charge >= 0.3 is 0 Å². The van der Waals surface area contributed by atoms with Gasteiger partial charge in [-0.05, 0) is 18.2 Å². The minimum absolute atomic E-state index is 0.112. The van der Waals surface area contributed by atoms with Crippen molar-refractivity contribution in [1.29, 1.82) is 0 Å². The Morgan fingerprint density at radius 1 is 1.20 bits per heavy atom. The van der Waals surface area contributed by atoms with E-state index in [1.807, 2.05) is 0 Å². The predicted molar refractivity (Wildman–Crippen MR) is 60.0 cm³/mol. The van der Waals surface area contributed by atoms with Crippen LogP contribution in [0.25, 0.3) is 11.4 Å². The molecule has 0 aliphatic rings. The molecule has 7 heteroatoms. The lowest BCUT2D eigenvalue weighted by atomic mass is 10.2. The van der Waals surface area contributed by atoms with Crippen LogP contribution in [-0.4, -0.2) is 14.9 Å². The maximum atomic E-state index is 5.98. The van der Waals surface area contributed by atoms with E-state index in [9.17, 15) is 0 Å². The minimum atomic E-state index is 0.112. The van der Waals surface area contributed by atoms with Crippen LogP contribution in [-0.2, 0) is 0 Å². The number of halogens is 2. The van der Waals surface area contributed by atoms with E-state index in [0.29, 0.717) is 21.4 Å². The van der Waals surface area contributed by atoms with Gasteiger partial charge in [-0.1, -0.05) is 23.2 Å². The van der Waals surface area contributed by atoms with Crippen molar-refractivity contribution in [3.05, 3.63) is 28.2 Å². The first kappa shape index (κ1) is 10.1. The highest BCUT2D eigenvalue weighted by atomic mass is 35.5. The SMILES string of the molecule is Nc1nnc(-c2cc(Cl)ccc2Cl)n1N. The van der Waals surface area contributed by atoms with E-state index in [1.54, 1.807) is 18.2 Å². The van der Waals surface area contributed by atoms with E-state index in [-0.39, 0.29) is 5.95 Å². The lowest BCUT2D eigenvalue weighted by molar-refractivity contribution is 1.02. The van der Waals surface area contributed by atoms with Gasteiger partial charge in [0.25, 0.3) is 0 Å². The molecular formula is C8H7Cl2N5. The second kappa shape index (κ2) is 3.60. The number of nitrogens with zero attached hydrogens (tertiary/aromatic N) is 3. The Hall–Kier alpha value is -1.46. The number of hydrogen-bond donors (Lipinski definition) is 2. The summed E-state index contributed by atoms with van der Waals surface area (Å²) in [6.07, 6.45) is 0. The van der Waals surface area contributed by atoms with Gasteiger partial charge in [-0.25, -0.2) is 4.68 Å². The van der Waals surface area contributed by atoms with Crippen molar-refractivity contribution >= 4 is 29.2 Å². The summed E-state index contributed by atoms with van der Waals surface area (Å²) >= 11 is 11.8. The van der Waals surface area contributed by atoms with Gasteiger partial charge < -0.3 is 11.6 Å². The fourth-order valence-corrected chi connectivity index (χ4v) is 1.53. The molecule has 78 valence electrons. The van der Waals surface area contributed by atoms with Crippen molar-refractivity contribution in [1.82, 2.24) is 14.9 Å². The molecule has 1 aromatic heterocycles. The molecule has 1 heterocycles. The summed E-state index contributed by atoms with van der Waals surface area (Å²) < 4.78 is 1.15. The molecule has 0 atom stereocenters. The van der Waals surface area contributed by atoms with Crippen molar-refractivity contribution in [3.63, 3.8) is 0 Å². The van der Waals surface area contributed by atoms with Crippen LogP contribution >= 0.6 is 23.2 Å². The molecule has 2 rings (SSSR count). The molecule has 1 aromatic carbocycles. The fourth-order valence-electron chi connectivity index (χ4n) is 1.16.